The number of ether oxygens (including phenoxy) is 3. The van der Waals surface area contributed by atoms with Gasteiger partial charge in [-0.15, -0.1) is 0 Å². The third kappa shape index (κ3) is 36.7. The second kappa shape index (κ2) is 38.2. The highest BCUT2D eigenvalue weighted by Crippen LogP contribution is 2.14. The second-order valence-electron chi connectivity index (χ2n) is 15.9. The molecule has 0 aromatic carbocycles. The van der Waals surface area contributed by atoms with E-state index in [2.05, 4.69) is 62.5 Å². The molecule has 55 heavy (non-hydrogen) atoms. The number of hydrogen-bond acceptors (Lipinski definition) is 6. The van der Waals surface area contributed by atoms with Crippen LogP contribution in [0.15, 0.2) is 48.6 Å². The lowest BCUT2D eigenvalue weighted by molar-refractivity contribution is -0.887. The molecule has 0 spiro atoms. The minimum atomic E-state index is -0.878. The number of carbonyl (C=O) groups is 3. The number of carbonyl (C=O) groups excluding carboxylic acids is 2. The van der Waals surface area contributed by atoms with Crippen molar-refractivity contribution >= 4 is 17.9 Å². The predicted octanol–water partition coefficient (Wildman–Crippen LogP) is 12.0. The summed E-state index contributed by atoms with van der Waals surface area (Å²) in [4.78, 5) is 36.9. The maximum atomic E-state index is 12.7. The number of quaternary nitrogens is 1. The van der Waals surface area contributed by atoms with Gasteiger partial charge < -0.3 is 23.8 Å². The number of aliphatic carboxylic acids is 1. The van der Waals surface area contributed by atoms with Crippen LogP contribution in [0.3, 0.4) is 0 Å². The maximum Gasteiger partial charge on any atom is 0.362 e. The number of hydrogen-bond donors (Lipinski definition) is 1. The van der Waals surface area contributed by atoms with Crippen LogP contribution in [0.1, 0.15) is 181 Å². The standard InChI is InChI=1S/C47H83NO7/c1-6-8-10-12-14-16-18-19-20-21-22-23-24-25-26-27-28-30-31-33-35-37-45(49)54-42-43(41-53-40-39-44(47(51)52)48(3,4)5)55-46(50)38-36-34-32-29-17-15-13-11-9-7-2/h8,10,13-16,19-20,43-44H,6-7,9,11-12,17-18,21-42H2,1-5H3/p+1/b10-8+,15-13+,16-14+,20-19+. The minimum absolute atomic E-state index is 0.0556. The summed E-state index contributed by atoms with van der Waals surface area (Å²) in [5, 5.41) is 9.60. The maximum absolute atomic E-state index is 12.7. The van der Waals surface area contributed by atoms with E-state index in [1.807, 2.05) is 21.1 Å². The fourth-order valence-corrected chi connectivity index (χ4v) is 6.26. The summed E-state index contributed by atoms with van der Waals surface area (Å²) in [7, 11) is 5.52. The van der Waals surface area contributed by atoms with Gasteiger partial charge in [0.1, 0.15) is 6.61 Å². The largest absolute Gasteiger partial charge is 0.477 e. The molecule has 0 fully saturated rings. The van der Waals surface area contributed by atoms with Crippen molar-refractivity contribution in [2.75, 3.05) is 41.0 Å². The van der Waals surface area contributed by atoms with Gasteiger partial charge in [-0.1, -0.05) is 146 Å². The summed E-state index contributed by atoms with van der Waals surface area (Å²) in [6, 6.07) is -0.616. The van der Waals surface area contributed by atoms with Gasteiger partial charge in [-0.05, 0) is 64.2 Å². The molecule has 0 saturated heterocycles. The minimum Gasteiger partial charge on any atom is -0.477 e. The normalized spacial score (nSPS) is 13.4. The molecule has 2 atom stereocenters. The topological polar surface area (TPSA) is 99.1 Å². The number of nitrogens with zero attached hydrogens (tertiary/aromatic N) is 1. The van der Waals surface area contributed by atoms with Gasteiger partial charge in [0.2, 0.25) is 0 Å². The third-order valence-corrected chi connectivity index (χ3v) is 9.71. The fraction of sp³-hybridized carbons (Fsp3) is 0.766. The van der Waals surface area contributed by atoms with Gasteiger partial charge in [0.15, 0.2) is 12.1 Å². The number of carboxylic acid groups (broad SMARTS) is 1. The van der Waals surface area contributed by atoms with E-state index in [9.17, 15) is 19.5 Å². The first kappa shape index (κ1) is 52.3. The van der Waals surface area contributed by atoms with Crippen LogP contribution >= 0.6 is 0 Å². The van der Waals surface area contributed by atoms with E-state index < -0.39 is 18.1 Å². The highest BCUT2D eigenvalue weighted by atomic mass is 16.6. The Morgan fingerprint density at radius 2 is 1.02 bits per heavy atom. The van der Waals surface area contributed by atoms with E-state index in [0.29, 0.717) is 19.3 Å². The van der Waals surface area contributed by atoms with Crippen molar-refractivity contribution in [1.29, 1.82) is 0 Å². The van der Waals surface area contributed by atoms with E-state index in [1.165, 1.54) is 70.6 Å². The first-order valence-electron chi connectivity index (χ1n) is 22.2. The molecule has 0 aromatic heterocycles. The molecule has 0 aromatic rings. The van der Waals surface area contributed by atoms with Crippen molar-refractivity contribution in [3.63, 3.8) is 0 Å². The summed E-state index contributed by atoms with van der Waals surface area (Å²) in [5.41, 5.74) is 0. The molecule has 318 valence electrons. The Hall–Kier alpha value is -2.71. The Morgan fingerprint density at radius 3 is 1.53 bits per heavy atom. The lowest BCUT2D eigenvalue weighted by atomic mass is 10.0. The van der Waals surface area contributed by atoms with Crippen molar-refractivity contribution in [3.8, 4) is 0 Å². The molecule has 2 unspecified atom stereocenters. The van der Waals surface area contributed by atoms with Gasteiger partial charge in [-0.25, -0.2) is 4.79 Å². The summed E-state index contributed by atoms with van der Waals surface area (Å²) in [6.45, 7) is 4.56. The Balaban J connectivity index is 4.23. The van der Waals surface area contributed by atoms with E-state index in [0.717, 1.165) is 77.0 Å². The zero-order valence-corrected chi connectivity index (χ0v) is 36.1. The van der Waals surface area contributed by atoms with Crippen LogP contribution in [-0.4, -0.2) is 80.6 Å². The van der Waals surface area contributed by atoms with Gasteiger partial charge in [0.25, 0.3) is 0 Å². The summed E-state index contributed by atoms with van der Waals surface area (Å²) >= 11 is 0. The van der Waals surface area contributed by atoms with Crippen LogP contribution in [-0.2, 0) is 28.6 Å². The smallest absolute Gasteiger partial charge is 0.362 e. The van der Waals surface area contributed by atoms with E-state index in [4.69, 9.17) is 14.2 Å². The van der Waals surface area contributed by atoms with Crippen molar-refractivity contribution in [1.82, 2.24) is 0 Å². The van der Waals surface area contributed by atoms with Crippen LogP contribution in [0.2, 0.25) is 0 Å². The number of likely N-dealkylation sites (N-methyl/N-ethyl adjacent to an activating group) is 1. The first-order chi connectivity index (χ1) is 26.6. The lowest BCUT2D eigenvalue weighted by Gasteiger charge is -2.31. The average molecular weight is 775 g/mol. The molecule has 0 heterocycles. The number of carboxylic acids is 1. The third-order valence-electron chi connectivity index (χ3n) is 9.71. The van der Waals surface area contributed by atoms with Gasteiger partial charge in [-0.3, -0.25) is 9.59 Å². The molecule has 8 heteroatoms. The highest BCUT2D eigenvalue weighted by Gasteiger charge is 2.31. The molecule has 0 bridgehead atoms. The molecule has 0 aliphatic carbocycles. The molecule has 0 amide bonds. The van der Waals surface area contributed by atoms with Crippen LogP contribution in [0.4, 0.5) is 0 Å². The summed E-state index contributed by atoms with van der Waals surface area (Å²) in [6.07, 6.45) is 44.5. The van der Waals surface area contributed by atoms with Gasteiger partial charge in [0.05, 0.1) is 34.4 Å². The molecule has 8 nitrogen and oxygen atoms in total. The van der Waals surface area contributed by atoms with Gasteiger partial charge in [-0.2, -0.15) is 0 Å². The van der Waals surface area contributed by atoms with Crippen molar-refractivity contribution in [2.45, 2.75) is 193 Å². The zero-order chi connectivity index (χ0) is 40.7. The zero-order valence-electron chi connectivity index (χ0n) is 36.1. The Labute approximate surface area is 337 Å². The molecule has 1 N–H and O–H groups in total. The van der Waals surface area contributed by atoms with Crippen LogP contribution < -0.4 is 0 Å². The molecule has 0 radical (unpaired) electrons. The van der Waals surface area contributed by atoms with E-state index >= 15 is 0 Å². The summed E-state index contributed by atoms with van der Waals surface area (Å²) < 4.78 is 17.2. The Kier molecular flexibility index (Phi) is 36.3. The Bertz CT molecular complexity index is 1040. The predicted molar refractivity (Wildman–Crippen MR) is 229 cm³/mol. The van der Waals surface area contributed by atoms with Gasteiger partial charge in [0, 0.05) is 19.3 Å². The van der Waals surface area contributed by atoms with Crippen LogP contribution in [0.5, 0.6) is 0 Å². The first-order valence-corrected chi connectivity index (χ1v) is 22.2. The monoisotopic (exact) mass is 775 g/mol. The van der Waals surface area contributed by atoms with Crippen molar-refractivity contribution in [3.05, 3.63) is 48.6 Å². The lowest BCUT2D eigenvalue weighted by Crippen LogP contribution is -2.50. The molecular weight excluding hydrogens is 691 g/mol. The number of allylic oxidation sites excluding steroid dienone is 8. The fourth-order valence-electron chi connectivity index (χ4n) is 6.26. The SMILES string of the molecule is CC/C=C/C/C=C/C/C=C/CCCCCCCCCCCCCC(=O)OCC(COCCC(C(=O)O)[N+](C)(C)C)OC(=O)CCCCCC/C=C/CCCC. The molecular formula is C47H84NO7+. The molecule has 0 saturated carbocycles. The highest BCUT2D eigenvalue weighted by molar-refractivity contribution is 5.72. The molecule has 0 aliphatic heterocycles. The number of esters is 2. The van der Waals surface area contributed by atoms with Crippen molar-refractivity contribution < 1.29 is 38.2 Å². The van der Waals surface area contributed by atoms with E-state index in [1.54, 1.807) is 0 Å². The molecule has 0 aliphatic rings. The molecule has 0 rings (SSSR count). The number of unbranched alkanes of at least 4 members (excludes halogenated alkanes) is 17. The number of rotatable bonds is 39. The van der Waals surface area contributed by atoms with Crippen LogP contribution in [0.25, 0.3) is 0 Å². The average Bonchev–Trinajstić information content (AvgIpc) is 3.14. The van der Waals surface area contributed by atoms with Crippen LogP contribution in [0, 0.1) is 0 Å². The summed E-state index contributed by atoms with van der Waals surface area (Å²) in [5.74, 6) is -1.49. The second-order valence-corrected chi connectivity index (χ2v) is 15.9. The van der Waals surface area contributed by atoms with E-state index in [-0.39, 0.29) is 36.2 Å². The quantitative estimate of drug-likeness (QED) is 0.0287. The van der Waals surface area contributed by atoms with Gasteiger partial charge >= 0.3 is 17.9 Å². The van der Waals surface area contributed by atoms with Crippen molar-refractivity contribution in [2.24, 2.45) is 0 Å². The Morgan fingerprint density at radius 1 is 0.564 bits per heavy atom.